The van der Waals surface area contributed by atoms with Crippen LogP contribution in [0.2, 0.25) is 0 Å². The maximum Gasteiger partial charge on any atom is 0.170 e. The third kappa shape index (κ3) is 1.11. The molecule has 0 N–H and O–H groups in total. The zero-order valence-electron chi connectivity index (χ0n) is 7.77. The standard InChI is InChI=1S/C11H7FN2O/c12-8-2-1-7-4-14-5-9(6-15)13-11(14)10(7)3-8/h1-3,5-6H,4H2. The summed E-state index contributed by atoms with van der Waals surface area (Å²) in [5.41, 5.74) is 2.21. The molecule has 4 heteroatoms. The van der Waals surface area contributed by atoms with E-state index in [1.165, 1.54) is 12.1 Å². The van der Waals surface area contributed by atoms with Gasteiger partial charge >= 0.3 is 0 Å². The number of benzene rings is 1. The van der Waals surface area contributed by atoms with Crippen LogP contribution in [0, 0.1) is 5.82 Å². The molecule has 0 amide bonds. The first-order valence-electron chi connectivity index (χ1n) is 4.59. The molecule has 0 radical (unpaired) electrons. The molecule has 1 aromatic carbocycles. The van der Waals surface area contributed by atoms with Crippen molar-refractivity contribution >= 4 is 6.29 Å². The Balaban J connectivity index is 2.23. The number of nitrogens with zero attached hydrogens (tertiary/aromatic N) is 2. The molecule has 15 heavy (non-hydrogen) atoms. The molecule has 0 unspecified atom stereocenters. The highest BCUT2D eigenvalue weighted by molar-refractivity contribution is 5.75. The largest absolute Gasteiger partial charge is 0.326 e. The fourth-order valence-corrected chi connectivity index (χ4v) is 1.91. The van der Waals surface area contributed by atoms with E-state index in [2.05, 4.69) is 4.98 Å². The Bertz CT molecular complexity index is 560. The summed E-state index contributed by atoms with van der Waals surface area (Å²) in [6, 6.07) is 4.64. The second kappa shape index (κ2) is 2.76. The van der Waals surface area contributed by atoms with E-state index in [0.717, 1.165) is 11.1 Å². The van der Waals surface area contributed by atoms with Crippen molar-refractivity contribution in [2.24, 2.45) is 0 Å². The van der Waals surface area contributed by atoms with Crippen molar-refractivity contribution in [2.45, 2.75) is 6.54 Å². The molecule has 0 bridgehead atoms. The van der Waals surface area contributed by atoms with Gasteiger partial charge in [0.05, 0.1) is 0 Å². The number of carbonyl (C=O) groups excluding carboxylic acids is 1. The van der Waals surface area contributed by atoms with E-state index >= 15 is 0 Å². The first-order chi connectivity index (χ1) is 7.28. The van der Waals surface area contributed by atoms with Crippen LogP contribution in [0.15, 0.2) is 24.4 Å². The van der Waals surface area contributed by atoms with E-state index in [9.17, 15) is 9.18 Å². The van der Waals surface area contributed by atoms with Crippen molar-refractivity contribution in [1.82, 2.24) is 9.55 Å². The molecule has 0 spiro atoms. The van der Waals surface area contributed by atoms with E-state index in [4.69, 9.17) is 0 Å². The van der Waals surface area contributed by atoms with Crippen LogP contribution in [0.4, 0.5) is 4.39 Å². The summed E-state index contributed by atoms with van der Waals surface area (Å²) < 4.78 is 14.9. The maximum absolute atomic E-state index is 13.0. The Kier molecular flexibility index (Phi) is 1.54. The highest BCUT2D eigenvalue weighted by Crippen LogP contribution is 2.31. The third-order valence-electron chi connectivity index (χ3n) is 2.57. The van der Waals surface area contributed by atoms with Crippen LogP contribution < -0.4 is 0 Å². The van der Waals surface area contributed by atoms with E-state index in [0.29, 0.717) is 24.3 Å². The SMILES string of the molecule is O=Cc1cn2c(n1)-c1cc(F)ccc1C2. The molecule has 0 atom stereocenters. The fourth-order valence-electron chi connectivity index (χ4n) is 1.91. The molecule has 1 aliphatic rings. The fraction of sp³-hybridized carbons (Fsp3) is 0.0909. The number of aldehydes is 1. The van der Waals surface area contributed by atoms with E-state index in [1.807, 2.05) is 4.57 Å². The van der Waals surface area contributed by atoms with Gasteiger partial charge in [0.25, 0.3) is 0 Å². The van der Waals surface area contributed by atoms with Crippen LogP contribution in [0.25, 0.3) is 11.4 Å². The average Bonchev–Trinajstić information content (AvgIpc) is 2.75. The van der Waals surface area contributed by atoms with Gasteiger partial charge < -0.3 is 4.57 Å². The van der Waals surface area contributed by atoms with E-state index < -0.39 is 0 Å². The second-order valence-electron chi connectivity index (χ2n) is 3.54. The normalized spacial score (nSPS) is 12.3. The van der Waals surface area contributed by atoms with E-state index in [-0.39, 0.29) is 5.82 Å². The van der Waals surface area contributed by atoms with Crippen LogP contribution in [0.3, 0.4) is 0 Å². The number of aromatic nitrogens is 2. The molecule has 3 rings (SSSR count). The summed E-state index contributed by atoms with van der Waals surface area (Å²) in [6.45, 7) is 0.659. The third-order valence-corrected chi connectivity index (χ3v) is 2.57. The first-order valence-corrected chi connectivity index (χ1v) is 4.59. The molecule has 2 heterocycles. The van der Waals surface area contributed by atoms with Gasteiger partial charge in [-0.1, -0.05) is 6.07 Å². The molecule has 74 valence electrons. The Morgan fingerprint density at radius 2 is 2.33 bits per heavy atom. The zero-order valence-corrected chi connectivity index (χ0v) is 7.77. The van der Waals surface area contributed by atoms with Crippen molar-refractivity contribution in [1.29, 1.82) is 0 Å². The smallest absolute Gasteiger partial charge is 0.170 e. The number of hydrogen-bond donors (Lipinski definition) is 0. The van der Waals surface area contributed by atoms with Crippen LogP contribution in [-0.4, -0.2) is 15.8 Å². The van der Waals surface area contributed by atoms with Crippen molar-refractivity contribution < 1.29 is 9.18 Å². The van der Waals surface area contributed by atoms with Crippen molar-refractivity contribution in [3.05, 3.63) is 41.5 Å². The maximum atomic E-state index is 13.0. The van der Waals surface area contributed by atoms with Gasteiger partial charge in [0, 0.05) is 18.3 Å². The molecule has 0 saturated carbocycles. The van der Waals surface area contributed by atoms with Gasteiger partial charge in [-0.3, -0.25) is 4.79 Å². The summed E-state index contributed by atoms with van der Waals surface area (Å²) in [5, 5.41) is 0. The lowest BCUT2D eigenvalue weighted by Gasteiger charge is -1.96. The number of fused-ring (bicyclic) bond motifs is 3. The highest BCUT2D eigenvalue weighted by atomic mass is 19.1. The second-order valence-corrected chi connectivity index (χ2v) is 3.54. The van der Waals surface area contributed by atoms with Gasteiger partial charge in [0.2, 0.25) is 0 Å². The Hall–Kier alpha value is -1.97. The van der Waals surface area contributed by atoms with Gasteiger partial charge in [0.1, 0.15) is 17.3 Å². The molecule has 0 fully saturated rings. The molecular weight excluding hydrogens is 195 g/mol. The number of halogens is 1. The molecule has 3 nitrogen and oxygen atoms in total. The minimum Gasteiger partial charge on any atom is -0.326 e. The molecule has 2 aromatic rings. The van der Waals surface area contributed by atoms with Gasteiger partial charge in [-0.2, -0.15) is 0 Å². The van der Waals surface area contributed by atoms with Crippen LogP contribution >= 0.6 is 0 Å². The van der Waals surface area contributed by atoms with Crippen molar-refractivity contribution in [2.75, 3.05) is 0 Å². The lowest BCUT2D eigenvalue weighted by atomic mass is 10.1. The Morgan fingerprint density at radius 1 is 1.47 bits per heavy atom. The lowest BCUT2D eigenvalue weighted by molar-refractivity contribution is 0.111. The van der Waals surface area contributed by atoms with Crippen molar-refractivity contribution in [3.63, 3.8) is 0 Å². The summed E-state index contributed by atoms with van der Waals surface area (Å²) in [5.74, 6) is 0.393. The highest BCUT2D eigenvalue weighted by Gasteiger charge is 2.20. The molecule has 0 aliphatic carbocycles. The lowest BCUT2D eigenvalue weighted by Crippen LogP contribution is -1.89. The topological polar surface area (TPSA) is 34.9 Å². The Morgan fingerprint density at radius 3 is 3.13 bits per heavy atom. The summed E-state index contributed by atoms with van der Waals surface area (Å²) in [7, 11) is 0. The van der Waals surface area contributed by atoms with Gasteiger partial charge in [0.15, 0.2) is 6.29 Å². The monoisotopic (exact) mass is 202 g/mol. The number of imidazole rings is 1. The number of hydrogen-bond acceptors (Lipinski definition) is 2. The molecule has 1 aromatic heterocycles. The quantitative estimate of drug-likeness (QED) is 0.564. The van der Waals surface area contributed by atoms with Gasteiger partial charge in [-0.25, -0.2) is 9.37 Å². The van der Waals surface area contributed by atoms with E-state index in [1.54, 1.807) is 12.3 Å². The van der Waals surface area contributed by atoms with Gasteiger partial charge in [-0.15, -0.1) is 0 Å². The first kappa shape index (κ1) is 8.35. The number of carbonyl (C=O) groups is 1. The minimum atomic E-state index is -0.280. The van der Waals surface area contributed by atoms with Crippen LogP contribution in [0.5, 0.6) is 0 Å². The Labute approximate surface area is 85.2 Å². The van der Waals surface area contributed by atoms with Crippen molar-refractivity contribution in [3.8, 4) is 11.4 Å². The zero-order chi connectivity index (χ0) is 10.4. The predicted octanol–water partition coefficient (Wildman–Crippen LogP) is 1.86. The number of rotatable bonds is 1. The molecule has 1 aliphatic heterocycles. The minimum absolute atomic E-state index is 0.280. The summed E-state index contributed by atoms with van der Waals surface area (Å²) >= 11 is 0. The predicted molar refractivity (Wildman–Crippen MR) is 52.1 cm³/mol. The van der Waals surface area contributed by atoms with Crippen LogP contribution in [-0.2, 0) is 6.54 Å². The molecule has 0 saturated heterocycles. The summed E-state index contributed by atoms with van der Waals surface area (Å²) in [4.78, 5) is 14.7. The average molecular weight is 202 g/mol. The van der Waals surface area contributed by atoms with Gasteiger partial charge in [-0.05, 0) is 17.7 Å². The molecular formula is C11H7FN2O. The summed E-state index contributed by atoms with van der Waals surface area (Å²) in [6.07, 6.45) is 2.38. The van der Waals surface area contributed by atoms with Crippen LogP contribution in [0.1, 0.15) is 16.1 Å².